The molecule has 21 heavy (non-hydrogen) atoms. The van der Waals surface area contributed by atoms with Gasteiger partial charge in [-0.05, 0) is 46.1 Å². The van der Waals surface area contributed by atoms with Crippen LogP contribution in [0.2, 0.25) is 0 Å². The first-order chi connectivity index (χ1) is 10.2. The van der Waals surface area contributed by atoms with Crippen molar-refractivity contribution in [1.82, 2.24) is 4.98 Å². The van der Waals surface area contributed by atoms with Crippen molar-refractivity contribution in [3.63, 3.8) is 0 Å². The third-order valence-corrected chi connectivity index (χ3v) is 4.23. The van der Waals surface area contributed by atoms with Crippen LogP contribution < -0.4 is 9.64 Å². The van der Waals surface area contributed by atoms with Gasteiger partial charge in [-0.1, -0.05) is 18.2 Å². The van der Waals surface area contributed by atoms with Gasteiger partial charge in [0.1, 0.15) is 18.2 Å². The number of carbonyl (C=O) groups is 1. The molecule has 1 aliphatic rings. The highest BCUT2D eigenvalue weighted by molar-refractivity contribution is 9.10. The van der Waals surface area contributed by atoms with Crippen LogP contribution in [-0.2, 0) is 11.2 Å². The van der Waals surface area contributed by atoms with Crippen molar-refractivity contribution in [1.29, 1.82) is 0 Å². The molecule has 1 unspecified atom stereocenters. The van der Waals surface area contributed by atoms with Gasteiger partial charge >= 0.3 is 0 Å². The summed E-state index contributed by atoms with van der Waals surface area (Å²) < 4.78 is 6.50. The van der Waals surface area contributed by atoms with E-state index in [2.05, 4.69) is 20.9 Å². The number of pyridine rings is 1. The normalized spacial score (nSPS) is 16.8. The van der Waals surface area contributed by atoms with Crippen molar-refractivity contribution in [2.24, 2.45) is 5.92 Å². The van der Waals surface area contributed by atoms with Crippen molar-refractivity contribution >= 4 is 27.7 Å². The lowest BCUT2D eigenvalue weighted by atomic mass is 9.95. The molecule has 1 amide bonds. The zero-order valence-electron chi connectivity index (χ0n) is 11.6. The molecule has 0 bridgehead atoms. The molecule has 5 heteroatoms. The SMILES string of the molecule is CN(C(=O)C1COc2ccccc2C1)c1ncccc1Br. The van der Waals surface area contributed by atoms with Gasteiger partial charge in [0.25, 0.3) is 0 Å². The maximum absolute atomic E-state index is 12.6. The summed E-state index contributed by atoms with van der Waals surface area (Å²) in [5.74, 6) is 1.34. The first-order valence-corrected chi connectivity index (χ1v) is 7.55. The summed E-state index contributed by atoms with van der Waals surface area (Å²) >= 11 is 3.43. The number of anilines is 1. The number of hydrogen-bond acceptors (Lipinski definition) is 3. The van der Waals surface area contributed by atoms with Crippen LogP contribution in [0.4, 0.5) is 5.82 Å². The minimum absolute atomic E-state index is 0.0175. The number of nitrogens with zero attached hydrogens (tertiary/aromatic N) is 2. The molecule has 0 aliphatic carbocycles. The Hall–Kier alpha value is -1.88. The number of hydrogen-bond donors (Lipinski definition) is 0. The van der Waals surface area contributed by atoms with E-state index in [1.807, 2.05) is 36.4 Å². The Morgan fingerprint density at radius 1 is 1.33 bits per heavy atom. The van der Waals surface area contributed by atoms with Gasteiger partial charge in [-0.2, -0.15) is 0 Å². The predicted octanol–water partition coefficient (Wildman–Crippen LogP) is 3.06. The van der Waals surface area contributed by atoms with E-state index in [0.29, 0.717) is 18.8 Å². The lowest BCUT2D eigenvalue weighted by Crippen LogP contribution is -2.39. The van der Waals surface area contributed by atoms with Crippen molar-refractivity contribution in [2.75, 3.05) is 18.6 Å². The van der Waals surface area contributed by atoms with E-state index in [4.69, 9.17) is 4.74 Å². The number of amides is 1. The number of benzene rings is 1. The Morgan fingerprint density at radius 2 is 2.14 bits per heavy atom. The highest BCUT2D eigenvalue weighted by Gasteiger charge is 2.29. The summed E-state index contributed by atoms with van der Waals surface area (Å²) in [6.45, 7) is 0.407. The van der Waals surface area contributed by atoms with Crippen LogP contribution in [0.15, 0.2) is 47.1 Å². The number of para-hydroxylation sites is 1. The fourth-order valence-electron chi connectivity index (χ4n) is 2.49. The summed E-state index contributed by atoms with van der Waals surface area (Å²) in [6, 6.07) is 11.6. The Morgan fingerprint density at radius 3 is 2.95 bits per heavy atom. The van der Waals surface area contributed by atoms with Gasteiger partial charge in [-0.25, -0.2) is 4.98 Å². The number of rotatable bonds is 2. The molecule has 1 atom stereocenters. The average Bonchev–Trinajstić information content (AvgIpc) is 2.53. The molecule has 2 aromatic rings. The second kappa shape index (κ2) is 5.85. The quantitative estimate of drug-likeness (QED) is 0.839. The van der Waals surface area contributed by atoms with Gasteiger partial charge < -0.3 is 4.74 Å². The molecular weight excluding hydrogens is 332 g/mol. The van der Waals surface area contributed by atoms with Crippen molar-refractivity contribution in [2.45, 2.75) is 6.42 Å². The van der Waals surface area contributed by atoms with Crippen molar-refractivity contribution in [3.8, 4) is 5.75 Å². The van der Waals surface area contributed by atoms with Gasteiger partial charge in [0.2, 0.25) is 5.91 Å². The van der Waals surface area contributed by atoms with Crippen molar-refractivity contribution in [3.05, 3.63) is 52.6 Å². The smallest absolute Gasteiger partial charge is 0.234 e. The number of ether oxygens (including phenoxy) is 1. The lowest BCUT2D eigenvalue weighted by molar-refractivity contribution is -0.123. The monoisotopic (exact) mass is 346 g/mol. The first kappa shape index (κ1) is 14.1. The van der Waals surface area contributed by atoms with Crippen LogP contribution in [0.25, 0.3) is 0 Å². The number of halogens is 1. The van der Waals surface area contributed by atoms with Gasteiger partial charge in [-0.3, -0.25) is 9.69 Å². The van der Waals surface area contributed by atoms with Crippen LogP contribution in [0.3, 0.4) is 0 Å². The molecular formula is C16H15BrN2O2. The maximum Gasteiger partial charge on any atom is 0.234 e. The minimum atomic E-state index is -0.182. The third kappa shape index (κ3) is 2.78. The van der Waals surface area contributed by atoms with Crippen LogP contribution in [-0.4, -0.2) is 24.5 Å². The molecule has 3 rings (SSSR count). The zero-order valence-corrected chi connectivity index (χ0v) is 13.2. The molecule has 0 saturated heterocycles. The molecule has 1 aliphatic heterocycles. The standard InChI is InChI=1S/C16H15BrN2O2/c1-19(15-13(17)6-4-8-18-15)16(20)12-9-11-5-2-3-7-14(11)21-10-12/h2-8,12H,9-10H2,1H3. The molecule has 4 nitrogen and oxygen atoms in total. The molecule has 1 aromatic carbocycles. The number of fused-ring (bicyclic) bond motifs is 1. The van der Waals surface area contributed by atoms with E-state index in [1.165, 1.54) is 0 Å². The predicted molar refractivity (Wildman–Crippen MR) is 84.5 cm³/mol. The van der Waals surface area contributed by atoms with Crippen molar-refractivity contribution < 1.29 is 9.53 Å². The van der Waals surface area contributed by atoms with E-state index in [1.54, 1.807) is 18.1 Å². The van der Waals surface area contributed by atoms with E-state index in [-0.39, 0.29) is 11.8 Å². The Bertz CT molecular complexity index is 675. The summed E-state index contributed by atoms with van der Waals surface area (Å²) in [5.41, 5.74) is 1.08. The van der Waals surface area contributed by atoms with E-state index < -0.39 is 0 Å². The summed E-state index contributed by atoms with van der Waals surface area (Å²) in [7, 11) is 1.75. The molecule has 1 aromatic heterocycles. The molecule has 0 fully saturated rings. The number of carbonyl (C=O) groups excluding carboxylic acids is 1. The molecule has 0 saturated carbocycles. The Balaban J connectivity index is 1.79. The van der Waals surface area contributed by atoms with Crippen LogP contribution in [0.5, 0.6) is 5.75 Å². The fourth-order valence-corrected chi connectivity index (χ4v) is 3.01. The average molecular weight is 347 g/mol. The van der Waals surface area contributed by atoms with E-state index in [0.717, 1.165) is 15.8 Å². The lowest BCUT2D eigenvalue weighted by Gasteiger charge is -2.28. The van der Waals surface area contributed by atoms with E-state index >= 15 is 0 Å². The molecule has 0 spiro atoms. The van der Waals surface area contributed by atoms with Gasteiger partial charge in [0, 0.05) is 13.2 Å². The Kier molecular flexibility index (Phi) is 3.92. The second-order valence-electron chi connectivity index (χ2n) is 5.03. The van der Waals surface area contributed by atoms with Gasteiger partial charge in [0.15, 0.2) is 0 Å². The highest BCUT2D eigenvalue weighted by atomic mass is 79.9. The minimum Gasteiger partial charge on any atom is -0.492 e. The summed E-state index contributed by atoms with van der Waals surface area (Å²) in [6.07, 6.45) is 2.38. The molecule has 0 radical (unpaired) electrons. The molecule has 0 N–H and O–H groups in total. The van der Waals surface area contributed by atoms with Crippen LogP contribution >= 0.6 is 15.9 Å². The van der Waals surface area contributed by atoms with Gasteiger partial charge in [0.05, 0.1) is 10.4 Å². The van der Waals surface area contributed by atoms with Crippen LogP contribution in [0, 0.1) is 5.92 Å². The van der Waals surface area contributed by atoms with Crippen LogP contribution in [0.1, 0.15) is 5.56 Å². The highest BCUT2D eigenvalue weighted by Crippen LogP contribution is 2.29. The fraction of sp³-hybridized carbons (Fsp3) is 0.250. The molecule has 108 valence electrons. The summed E-state index contributed by atoms with van der Waals surface area (Å²) in [4.78, 5) is 18.5. The third-order valence-electron chi connectivity index (χ3n) is 3.62. The largest absolute Gasteiger partial charge is 0.492 e. The first-order valence-electron chi connectivity index (χ1n) is 6.75. The Labute approximate surface area is 131 Å². The zero-order chi connectivity index (χ0) is 14.8. The maximum atomic E-state index is 12.6. The summed E-state index contributed by atoms with van der Waals surface area (Å²) in [5, 5.41) is 0. The number of aromatic nitrogens is 1. The topological polar surface area (TPSA) is 42.4 Å². The second-order valence-corrected chi connectivity index (χ2v) is 5.88. The van der Waals surface area contributed by atoms with Gasteiger partial charge in [-0.15, -0.1) is 0 Å². The van der Waals surface area contributed by atoms with E-state index in [9.17, 15) is 4.79 Å². The molecule has 2 heterocycles.